The Morgan fingerprint density at radius 1 is 1.16 bits per heavy atom. The molecular weight excluding hydrogens is 298 g/mol. The number of benzene rings is 2. The molecule has 0 radical (unpaired) electrons. The second kappa shape index (κ2) is 5.38. The summed E-state index contributed by atoms with van der Waals surface area (Å²) in [5.74, 6) is 0.808. The summed E-state index contributed by atoms with van der Waals surface area (Å²) in [6, 6.07) is 15.2. The van der Waals surface area contributed by atoms with Gasteiger partial charge in [0.25, 0.3) is 0 Å². The molecule has 1 aliphatic rings. The lowest BCUT2D eigenvalue weighted by molar-refractivity contribution is 1.03. The molecule has 98 valence electrons. The fourth-order valence-electron chi connectivity index (χ4n) is 2.39. The molecule has 2 aromatic carbocycles. The largest absolute Gasteiger partial charge is 0.381 e. The van der Waals surface area contributed by atoms with Crippen molar-refractivity contribution >= 4 is 21.6 Å². The third-order valence-corrected chi connectivity index (χ3v) is 4.58. The molecule has 0 spiro atoms. The smallest absolute Gasteiger partial charge is 0.0403 e. The van der Waals surface area contributed by atoms with Gasteiger partial charge in [0.2, 0.25) is 0 Å². The Balaban J connectivity index is 1.73. The summed E-state index contributed by atoms with van der Waals surface area (Å²) < 4.78 is 1.16. The van der Waals surface area contributed by atoms with E-state index >= 15 is 0 Å². The summed E-state index contributed by atoms with van der Waals surface area (Å²) in [7, 11) is 0. The third kappa shape index (κ3) is 3.01. The van der Waals surface area contributed by atoms with Gasteiger partial charge in [-0.2, -0.15) is 0 Å². The molecule has 2 aromatic rings. The molecule has 0 bridgehead atoms. The van der Waals surface area contributed by atoms with Crippen molar-refractivity contribution in [3.8, 4) is 0 Å². The summed E-state index contributed by atoms with van der Waals surface area (Å²) in [4.78, 5) is 0. The first-order valence-corrected chi connectivity index (χ1v) is 7.61. The molecule has 0 aliphatic heterocycles. The van der Waals surface area contributed by atoms with Crippen LogP contribution in [0.3, 0.4) is 0 Å². The van der Waals surface area contributed by atoms with Crippen molar-refractivity contribution < 1.29 is 0 Å². The second-order valence-corrected chi connectivity index (χ2v) is 6.14. The Kier molecular flexibility index (Phi) is 3.61. The summed E-state index contributed by atoms with van der Waals surface area (Å²) in [6.45, 7) is 3.01. The van der Waals surface area contributed by atoms with E-state index in [2.05, 4.69) is 70.6 Å². The lowest BCUT2D eigenvalue weighted by atomic mass is 10.0. The zero-order valence-electron chi connectivity index (χ0n) is 11.1. The fourth-order valence-corrected chi connectivity index (χ4v) is 2.77. The Bertz CT molecular complexity index is 588. The number of nitrogens with one attached hydrogen (secondary N) is 1. The quantitative estimate of drug-likeness (QED) is 0.812. The van der Waals surface area contributed by atoms with Gasteiger partial charge < -0.3 is 5.32 Å². The molecule has 3 rings (SSSR count). The molecule has 0 amide bonds. The minimum atomic E-state index is 0.808. The maximum Gasteiger partial charge on any atom is 0.0403 e. The van der Waals surface area contributed by atoms with Crippen molar-refractivity contribution in [1.29, 1.82) is 0 Å². The topological polar surface area (TPSA) is 12.0 Å². The normalized spacial score (nSPS) is 14.4. The van der Waals surface area contributed by atoms with Gasteiger partial charge in [0.1, 0.15) is 0 Å². The minimum Gasteiger partial charge on any atom is -0.381 e. The van der Waals surface area contributed by atoms with Gasteiger partial charge >= 0.3 is 0 Å². The monoisotopic (exact) mass is 315 g/mol. The predicted octanol–water partition coefficient (Wildman–Crippen LogP) is 5.25. The van der Waals surface area contributed by atoms with Gasteiger partial charge in [0.15, 0.2) is 0 Å². The molecule has 0 saturated heterocycles. The molecule has 0 heterocycles. The number of halogens is 1. The average molecular weight is 316 g/mol. The Labute approximate surface area is 123 Å². The molecule has 0 atom stereocenters. The van der Waals surface area contributed by atoms with E-state index in [0.29, 0.717) is 0 Å². The van der Waals surface area contributed by atoms with Crippen LogP contribution in [0.25, 0.3) is 0 Å². The highest BCUT2D eigenvalue weighted by molar-refractivity contribution is 9.10. The summed E-state index contributed by atoms with van der Waals surface area (Å²) >= 11 is 3.58. The van der Waals surface area contributed by atoms with Gasteiger partial charge in [-0.15, -0.1) is 0 Å². The first kappa shape index (κ1) is 12.7. The highest BCUT2D eigenvalue weighted by atomic mass is 79.9. The van der Waals surface area contributed by atoms with E-state index in [-0.39, 0.29) is 0 Å². The van der Waals surface area contributed by atoms with Gasteiger partial charge in [-0.1, -0.05) is 46.3 Å². The number of anilines is 1. The number of aryl methyl sites for hydroxylation is 1. The fraction of sp³-hybridized carbons (Fsp3) is 0.294. The number of rotatable bonds is 4. The second-order valence-electron chi connectivity index (χ2n) is 5.29. The van der Waals surface area contributed by atoms with Crippen LogP contribution in [-0.2, 0) is 6.54 Å². The zero-order chi connectivity index (χ0) is 13.2. The van der Waals surface area contributed by atoms with Gasteiger partial charge in [-0.25, -0.2) is 0 Å². The average Bonchev–Trinajstić information content (AvgIpc) is 3.25. The van der Waals surface area contributed by atoms with E-state index in [4.69, 9.17) is 0 Å². The highest BCUT2D eigenvalue weighted by Crippen LogP contribution is 2.41. The summed E-state index contributed by atoms with van der Waals surface area (Å²) in [5.41, 5.74) is 5.40. The molecule has 0 unspecified atom stereocenters. The van der Waals surface area contributed by atoms with E-state index in [1.807, 2.05) is 0 Å². The van der Waals surface area contributed by atoms with E-state index < -0.39 is 0 Å². The molecule has 1 aliphatic carbocycles. The molecule has 19 heavy (non-hydrogen) atoms. The van der Waals surface area contributed by atoms with Crippen LogP contribution in [0.1, 0.15) is 35.4 Å². The van der Waals surface area contributed by atoms with Gasteiger partial charge in [0, 0.05) is 16.7 Å². The summed E-state index contributed by atoms with van der Waals surface area (Å²) in [6.07, 6.45) is 2.71. The van der Waals surface area contributed by atoms with Crippen molar-refractivity contribution in [2.24, 2.45) is 0 Å². The van der Waals surface area contributed by atoms with Crippen LogP contribution in [0, 0.1) is 6.92 Å². The predicted molar refractivity (Wildman–Crippen MR) is 84.6 cm³/mol. The lowest BCUT2D eigenvalue weighted by Gasteiger charge is -2.11. The van der Waals surface area contributed by atoms with E-state index in [1.54, 1.807) is 0 Å². The molecular formula is C17H18BrN. The first-order valence-electron chi connectivity index (χ1n) is 6.82. The summed E-state index contributed by atoms with van der Waals surface area (Å²) in [5, 5.41) is 3.52. The Morgan fingerprint density at radius 2 is 1.95 bits per heavy atom. The SMILES string of the molecule is Cc1ccc(NCc2ccccc2C2CC2)cc1Br. The van der Waals surface area contributed by atoms with Crippen molar-refractivity contribution in [1.82, 2.24) is 0 Å². The third-order valence-electron chi connectivity index (χ3n) is 3.73. The molecule has 1 nitrogen and oxygen atoms in total. The lowest BCUT2D eigenvalue weighted by Crippen LogP contribution is -2.02. The van der Waals surface area contributed by atoms with Crippen LogP contribution < -0.4 is 5.32 Å². The van der Waals surface area contributed by atoms with E-state index in [1.165, 1.54) is 35.2 Å². The molecule has 2 heteroatoms. The van der Waals surface area contributed by atoms with Crippen LogP contribution >= 0.6 is 15.9 Å². The Morgan fingerprint density at radius 3 is 2.68 bits per heavy atom. The van der Waals surface area contributed by atoms with Crippen molar-refractivity contribution in [2.75, 3.05) is 5.32 Å². The van der Waals surface area contributed by atoms with Gasteiger partial charge in [0.05, 0.1) is 0 Å². The maximum atomic E-state index is 3.58. The van der Waals surface area contributed by atoms with Crippen LogP contribution in [0.15, 0.2) is 46.9 Å². The van der Waals surface area contributed by atoms with Crippen molar-refractivity contribution in [3.05, 3.63) is 63.6 Å². The van der Waals surface area contributed by atoms with E-state index in [0.717, 1.165) is 16.9 Å². The molecule has 1 saturated carbocycles. The van der Waals surface area contributed by atoms with Crippen LogP contribution in [0.2, 0.25) is 0 Å². The first-order chi connectivity index (χ1) is 9.24. The van der Waals surface area contributed by atoms with Crippen molar-refractivity contribution in [2.45, 2.75) is 32.2 Å². The van der Waals surface area contributed by atoms with Crippen molar-refractivity contribution in [3.63, 3.8) is 0 Å². The highest BCUT2D eigenvalue weighted by Gasteiger charge is 2.25. The van der Waals surface area contributed by atoms with Gasteiger partial charge in [-0.3, -0.25) is 0 Å². The van der Waals surface area contributed by atoms with Crippen LogP contribution in [0.5, 0.6) is 0 Å². The molecule has 1 N–H and O–H groups in total. The number of hydrogen-bond acceptors (Lipinski definition) is 1. The zero-order valence-corrected chi connectivity index (χ0v) is 12.7. The number of hydrogen-bond donors (Lipinski definition) is 1. The molecule has 1 fully saturated rings. The van der Waals surface area contributed by atoms with Gasteiger partial charge in [-0.05, 0) is 54.5 Å². The van der Waals surface area contributed by atoms with Crippen LogP contribution in [-0.4, -0.2) is 0 Å². The van der Waals surface area contributed by atoms with E-state index in [9.17, 15) is 0 Å². The molecule has 0 aromatic heterocycles. The standard InChI is InChI=1S/C17H18BrN/c1-12-6-9-15(10-17(12)18)19-11-14-4-2-3-5-16(14)13-7-8-13/h2-6,9-10,13,19H,7-8,11H2,1H3. The minimum absolute atomic E-state index is 0.808. The van der Waals surface area contributed by atoms with Crippen LogP contribution in [0.4, 0.5) is 5.69 Å². The Hall–Kier alpha value is -1.28. The maximum absolute atomic E-state index is 3.58.